The van der Waals surface area contributed by atoms with Crippen LogP contribution in [0.5, 0.6) is 0 Å². The van der Waals surface area contributed by atoms with Crippen LogP contribution in [-0.4, -0.2) is 5.78 Å². The van der Waals surface area contributed by atoms with Crippen LogP contribution in [0.25, 0.3) is 5.57 Å². The Balaban J connectivity index is 0.000000470. The number of allylic oxidation sites excluding steroid dienone is 2. The molecular weight excluding hydrogens is 270 g/mol. The lowest BCUT2D eigenvalue weighted by atomic mass is 10.0. The third kappa shape index (κ3) is 5.69. The monoisotopic (exact) mass is 297 g/mol. The van der Waals surface area contributed by atoms with Crippen LogP contribution in [0.2, 0.25) is 0 Å². The number of nitrogens with zero attached hydrogens (tertiary/aromatic N) is 1. The maximum atomic E-state index is 11.5. The van der Waals surface area contributed by atoms with Crippen molar-refractivity contribution in [3.63, 3.8) is 0 Å². The summed E-state index contributed by atoms with van der Waals surface area (Å²) in [5.74, 6) is 0.187. The van der Waals surface area contributed by atoms with Crippen LogP contribution in [0.4, 0.5) is 0 Å². The zero-order valence-corrected chi connectivity index (χ0v) is 14.3. The third-order valence-corrected chi connectivity index (χ3v) is 3.41. The van der Waals surface area contributed by atoms with E-state index in [1.54, 1.807) is 6.92 Å². The SMILES string of the molecule is C=C.CC(=O)C1=C(C)Cc2ccc(C)cc21.CCCCC#N. The summed E-state index contributed by atoms with van der Waals surface area (Å²) >= 11 is 0. The summed E-state index contributed by atoms with van der Waals surface area (Å²) in [5, 5.41) is 7.95. The van der Waals surface area contributed by atoms with Crippen molar-refractivity contribution in [2.24, 2.45) is 0 Å². The first kappa shape index (κ1) is 19.9. The Hall–Kier alpha value is -2.14. The van der Waals surface area contributed by atoms with Crippen LogP contribution in [-0.2, 0) is 11.2 Å². The highest BCUT2D eigenvalue weighted by Gasteiger charge is 2.21. The highest BCUT2D eigenvalue weighted by atomic mass is 16.1. The van der Waals surface area contributed by atoms with Crippen molar-refractivity contribution >= 4 is 11.4 Å². The van der Waals surface area contributed by atoms with Gasteiger partial charge >= 0.3 is 0 Å². The standard InChI is InChI=1S/C13H14O.C5H9N.C2H4/c1-8-4-5-11-7-9(2)13(10(3)14)12(11)6-8;1-2-3-4-5-6;1-2/h4-6H,7H2,1-3H3;2-4H2,1H3;1-2H2. The average molecular weight is 297 g/mol. The third-order valence-electron chi connectivity index (χ3n) is 3.41. The first-order chi connectivity index (χ1) is 10.5. The zero-order valence-electron chi connectivity index (χ0n) is 14.3. The quantitative estimate of drug-likeness (QED) is 0.552. The second kappa shape index (κ2) is 10.6. The van der Waals surface area contributed by atoms with E-state index < -0.39 is 0 Å². The van der Waals surface area contributed by atoms with E-state index >= 15 is 0 Å². The van der Waals surface area contributed by atoms with Crippen LogP contribution >= 0.6 is 0 Å². The van der Waals surface area contributed by atoms with Crippen molar-refractivity contribution in [1.29, 1.82) is 5.26 Å². The van der Waals surface area contributed by atoms with E-state index in [1.807, 2.05) is 6.92 Å². The van der Waals surface area contributed by atoms with Gasteiger partial charge in [-0.2, -0.15) is 5.26 Å². The lowest BCUT2D eigenvalue weighted by molar-refractivity contribution is -0.111. The molecule has 0 heterocycles. The molecule has 0 N–H and O–H groups in total. The van der Waals surface area contributed by atoms with Crippen molar-refractivity contribution < 1.29 is 4.79 Å². The Morgan fingerprint density at radius 1 is 1.32 bits per heavy atom. The van der Waals surface area contributed by atoms with E-state index in [2.05, 4.69) is 51.3 Å². The van der Waals surface area contributed by atoms with Crippen molar-refractivity contribution in [2.75, 3.05) is 0 Å². The van der Waals surface area contributed by atoms with E-state index in [4.69, 9.17) is 5.26 Å². The molecule has 0 aromatic heterocycles. The smallest absolute Gasteiger partial charge is 0.160 e. The van der Waals surface area contributed by atoms with Gasteiger partial charge in [0.05, 0.1) is 6.07 Å². The average Bonchev–Trinajstić information content (AvgIpc) is 2.83. The van der Waals surface area contributed by atoms with Crippen LogP contribution in [0.3, 0.4) is 0 Å². The van der Waals surface area contributed by atoms with Gasteiger partial charge in [-0.3, -0.25) is 4.79 Å². The van der Waals surface area contributed by atoms with Gasteiger partial charge in [-0.15, -0.1) is 13.2 Å². The van der Waals surface area contributed by atoms with E-state index in [0.29, 0.717) is 0 Å². The molecule has 2 nitrogen and oxygen atoms in total. The molecular formula is C20H27NO. The minimum absolute atomic E-state index is 0.187. The van der Waals surface area contributed by atoms with Crippen molar-refractivity contribution in [1.82, 2.24) is 0 Å². The van der Waals surface area contributed by atoms with Crippen LogP contribution in [0.15, 0.2) is 36.9 Å². The molecule has 0 aliphatic heterocycles. The van der Waals surface area contributed by atoms with Gasteiger partial charge in [0.25, 0.3) is 0 Å². The lowest BCUT2D eigenvalue weighted by Gasteiger charge is -2.03. The number of fused-ring (bicyclic) bond motifs is 1. The Kier molecular flexibility index (Phi) is 9.54. The zero-order chi connectivity index (χ0) is 17.1. The maximum absolute atomic E-state index is 11.5. The second-order valence-corrected chi connectivity index (χ2v) is 5.31. The summed E-state index contributed by atoms with van der Waals surface area (Å²) in [4.78, 5) is 11.5. The predicted octanol–water partition coefficient (Wildman–Crippen LogP) is 5.42. The van der Waals surface area contributed by atoms with Gasteiger partial charge in [0.15, 0.2) is 5.78 Å². The van der Waals surface area contributed by atoms with Crippen LogP contribution in [0.1, 0.15) is 56.7 Å². The second-order valence-electron chi connectivity index (χ2n) is 5.31. The number of hydrogen-bond donors (Lipinski definition) is 0. The molecule has 1 aliphatic carbocycles. The Morgan fingerprint density at radius 2 is 1.95 bits per heavy atom. The van der Waals surface area contributed by atoms with E-state index in [0.717, 1.165) is 36.8 Å². The van der Waals surface area contributed by atoms with E-state index in [9.17, 15) is 4.79 Å². The minimum atomic E-state index is 0.187. The molecule has 2 heteroatoms. The highest BCUT2D eigenvalue weighted by molar-refractivity contribution is 6.22. The molecule has 0 bridgehead atoms. The number of carbonyl (C=O) groups is 1. The van der Waals surface area contributed by atoms with Crippen molar-refractivity contribution in [3.8, 4) is 6.07 Å². The molecule has 1 aromatic carbocycles. The highest BCUT2D eigenvalue weighted by Crippen LogP contribution is 2.33. The molecule has 0 fully saturated rings. The molecule has 1 aliphatic rings. The summed E-state index contributed by atoms with van der Waals surface area (Å²) in [6.07, 6.45) is 3.84. The normalized spacial score (nSPS) is 11.4. The van der Waals surface area contributed by atoms with Gasteiger partial charge in [-0.05, 0) is 44.7 Å². The number of aryl methyl sites for hydroxylation is 1. The number of nitriles is 1. The largest absolute Gasteiger partial charge is 0.294 e. The number of Topliss-reactive ketones (excluding diaryl/α,β-unsaturated/α-hetero) is 1. The van der Waals surface area contributed by atoms with E-state index in [-0.39, 0.29) is 5.78 Å². The lowest BCUT2D eigenvalue weighted by Crippen LogP contribution is -1.95. The molecule has 0 radical (unpaired) electrons. The van der Waals surface area contributed by atoms with Gasteiger partial charge in [0.2, 0.25) is 0 Å². The van der Waals surface area contributed by atoms with Gasteiger partial charge in [-0.25, -0.2) is 0 Å². The Morgan fingerprint density at radius 3 is 2.41 bits per heavy atom. The number of carbonyl (C=O) groups excluding carboxylic acids is 1. The van der Waals surface area contributed by atoms with Crippen molar-refractivity contribution in [2.45, 2.75) is 53.4 Å². The molecule has 0 atom stereocenters. The summed E-state index contributed by atoms with van der Waals surface area (Å²) in [6.45, 7) is 13.8. The molecule has 0 unspecified atom stereocenters. The number of unbranched alkanes of at least 4 members (excludes halogenated alkanes) is 2. The fraction of sp³-hybridized carbons (Fsp3) is 0.400. The molecule has 2 rings (SSSR count). The molecule has 0 saturated heterocycles. The van der Waals surface area contributed by atoms with Crippen LogP contribution < -0.4 is 0 Å². The first-order valence-corrected chi connectivity index (χ1v) is 7.68. The fourth-order valence-electron chi connectivity index (χ4n) is 2.43. The maximum Gasteiger partial charge on any atom is 0.160 e. The van der Waals surface area contributed by atoms with Crippen LogP contribution in [0, 0.1) is 18.3 Å². The summed E-state index contributed by atoms with van der Waals surface area (Å²) in [6, 6.07) is 8.42. The first-order valence-electron chi connectivity index (χ1n) is 7.68. The topological polar surface area (TPSA) is 40.9 Å². The molecule has 0 amide bonds. The van der Waals surface area contributed by atoms with Gasteiger partial charge in [0.1, 0.15) is 0 Å². The Bertz CT molecular complexity index is 576. The van der Waals surface area contributed by atoms with Gasteiger partial charge in [-0.1, -0.05) is 42.7 Å². The number of benzene rings is 1. The van der Waals surface area contributed by atoms with Gasteiger partial charge < -0.3 is 0 Å². The van der Waals surface area contributed by atoms with Gasteiger partial charge in [0, 0.05) is 12.0 Å². The molecule has 0 spiro atoms. The van der Waals surface area contributed by atoms with Crippen molar-refractivity contribution in [3.05, 3.63) is 53.6 Å². The summed E-state index contributed by atoms with van der Waals surface area (Å²) < 4.78 is 0. The Labute approximate surface area is 135 Å². The number of rotatable bonds is 3. The molecule has 1 aromatic rings. The summed E-state index contributed by atoms with van der Waals surface area (Å²) in [7, 11) is 0. The molecule has 22 heavy (non-hydrogen) atoms. The number of ketones is 1. The predicted molar refractivity (Wildman–Crippen MR) is 94.6 cm³/mol. The summed E-state index contributed by atoms with van der Waals surface area (Å²) in [5.41, 5.74) is 5.80. The van der Waals surface area contributed by atoms with E-state index in [1.165, 1.54) is 16.7 Å². The molecule has 0 saturated carbocycles. The minimum Gasteiger partial charge on any atom is -0.294 e. The molecule has 118 valence electrons. The fourth-order valence-corrected chi connectivity index (χ4v) is 2.43. The number of hydrogen-bond acceptors (Lipinski definition) is 2.